The number of urea groups is 1. The van der Waals surface area contributed by atoms with Crippen LogP contribution in [-0.4, -0.2) is 29.4 Å². The second-order valence-corrected chi connectivity index (χ2v) is 8.14. The lowest BCUT2D eigenvalue weighted by molar-refractivity contribution is -0.384. The lowest BCUT2D eigenvalue weighted by atomic mass is 10.1. The van der Waals surface area contributed by atoms with Gasteiger partial charge in [0, 0.05) is 12.1 Å². The van der Waals surface area contributed by atoms with Gasteiger partial charge in [0.05, 0.1) is 17.2 Å². The largest absolute Gasteiger partial charge is 0.490 e. The molecule has 4 rings (SSSR count). The number of benzene rings is 3. The summed E-state index contributed by atoms with van der Waals surface area (Å²) in [5, 5.41) is 13.0. The average Bonchev–Trinajstić information content (AvgIpc) is 2.87. The number of nitro groups is 1. The van der Waals surface area contributed by atoms with Gasteiger partial charge >= 0.3 is 6.03 Å². The highest BCUT2D eigenvalue weighted by atomic mass is 16.6. The quantitative estimate of drug-likeness (QED) is 0.208. The van der Waals surface area contributed by atoms with Gasteiger partial charge in [-0.15, -0.1) is 0 Å². The maximum Gasteiger partial charge on any atom is 0.335 e. The minimum Gasteiger partial charge on any atom is -0.490 e. The van der Waals surface area contributed by atoms with Crippen LogP contribution < -0.4 is 19.7 Å². The molecule has 3 aromatic carbocycles. The Labute approximate surface area is 212 Å². The molecule has 10 heteroatoms. The number of barbiturate groups is 1. The molecule has 4 amide bonds. The summed E-state index contributed by atoms with van der Waals surface area (Å²) in [5.74, 6) is -0.740. The van der Waals surface area contributed by atoms with E-state index in [9.17, 15) is 24.5 Å². The lowest BCUT2D eigenvalue weighted by Gasteiger charge is -2.26. The summed E-state index contributed by atoms with van der Waals surface area (Å²) >= 11 is 0. The van der Waals surface area contributed by atoms with Crippen molar-refractivity contribution in [2.24, 2.45) is 0 Å². The fraction of sp³-hybridized carbons (Fsp3) is 0.148. The number of carbonyl (C=O) groups is 3. The Bertz CT molecular complexity index is 1400. The Balaban J connectivity index is 1.57. The first-order chi connectivity index (χ1) is 17.8. The fourth-order valence-corrected chi connectivity index (χ4v) is 3.63. The number of anilines is 1. The second kappa shape index (κ2) is 10.7. The van der Waals surface area contributed by atoms with Crippen molar-refractivity contribution in [2.45, 2.75) is 20.5 Å². The number of amides is 4. The van der Waals surface area contributed by atoms with Gasteiger partial charge in [-0.25, -0.2) is 9.69 Å². The van der Waals surface area contributed by atoms with Crippen LogP contribution in [0.1, 0.15) is 23.6 Å². The van der Waals surface area contributed by atoms with Crippen molar-refractivity contribution < 1.29 is 28.8 Å². The molecular weight excluding hydrogens is 478 g/mol. The highest BCUT2D eigenvalue weighted by Crippen LogP contribution is 2.31. The Kier molecular flexibility index (Phi) is 7.28. The zero-order valence-electron chi connectivity index (χ0n) is 20.1. The predicted molar refractivity (Wildman–Crippen MR) is 135 cm³/mol. The molecular formula is C27H23N3O7. The van der Waals surface area contributed by atoms with E-state index >= 15 is 0 Å². The van der Waals surface area contributed by atoms with Gasteiger partial charge in [-0.1, -0.05) is 23.8 Å². The van der Waals surface area contributed by atoms with E-state index in [2.05, 4.69) is 5.32 Å². The van der Waals surface area contributed by atoms with Crippen LogP contribution in [-0.2, 0) is 16.2 Å². The van der Waals surface area contributed by atoms with E-state index in [1.807, 2.05) is 6.92 Å². The third-order valence-corrected chi connectivity index (χ3v) is 5.51. The minimum atomic E-state index is -0.819. The maximum atomic E-state index is 13.1. The van der Waals surface area contributed by atoms with Crippen molar-refractivity contribution in [1.29, 1.82) is 0 Å². The Hall–Kier alpha value is -4.99. The van der Waals surface area contributed by atoms with Gasteiger partial charge in [-0.05, 0) is 67.4 Å². The minimum absolute atomic E-state index is 0.0138. The van der Waals surface area contributed by atoms with E-state index in [4.69, 9.17) is 9.47 Å². The number of hydrogen-bond donors (Lipinski definition) is 1. The molecule has 1 heterocycles. The summed E-state index contributed by atoms with van der Waals surface area (Å²) in [4.78, 5) is 49.3. The first kappa shape index (κ1) is 25.1. The van der Waals surface area contributed by atoms with E-state index in [0.29, 0.717) is 29.4 Å². The molecule has 0 saturated carbocycles. The van der Waals surface area contributed by atoms with E-state index < -0.39 is 22.8 Å². The van der Waals surface area contributed by atoms with Crippen molar-refractivity contribution in [3.63, 3.8) is 0 Å². The number of carbonyl (C=O) groups excluding carboxylic acids is 3. The summed E-state index contributed by atoms with van der Waals surface area (Å²) in [6.45, 7) is 4.16. The summed E-state index contributed by atoms with van der Waals surface area (Å²) in [7, 11) is 0. The van der Waals surface area contributed by atoms with Crippen LogP contribution in [0.2, 0.25) is 0 Å². The van der Waals surface area contributed by atoms with Crippen molar-refractivity contribution in [3.8, 4) is 11.5 Å². The van der Waals surface area contributed by atoms with Crippen LogP contribution in [0.4, 0.5) is 16.2 Å². The molecule has 3 aromatic rings. The third kappa shape index (κ3) is 5.64. The molecule has 1 fully saturated rings. The van der Waals surface area contributed by atoms with Crippen molar-refractivity contribution in [2.75, 3.05) is 11.5 Å². The van der Waals surface area contributed by atoms with Crippen LogP contribution in [0, 0.1) is 17.0 Å². The first-order valence-electron chi connectivity index (χ1n) is 11.4. The number of nitrogens with one attached hydrogen (secondary N) is 1. The third-order valence-electron chi connectivity index (χ3n) is 5.51. The number of non-ortho nitro benzene ring substituents is 1. The van der Waals surface area contributed by atoms with Crippen LogP contribution in [0.5, 0.6) is 11.5 Å². The van der Waals surface area contributed by atoms with Crippen molar-refractivity contribution in [1.82, 2.24) is 5.32 Å². The van der Waals surface area contributed by atoms with Crippen molar-refractivity contribution in [3.05, 3.63) is 99.1 Å². The van der Waals surface area contributed by atoms with E-state index in [0.717, 1.165) is 16.0 Å². The van der Waals surface area contributed by atoms with Gasteiger partial charge in [-0.2, -0.15) is 0 Å². The van der Waals surface area contributed by atoms with Gasteiger partial charge < -0.3 is 9.47 Å². The Morgan fingerprint density at radius 1 is 0.946 bits per heavy atom. The molecule has 1 aliphatic heterocycles. The van der Waals surface area contributed by atoms with Crippen LogP contribution in [0.15, 0.2) is 72.3 Å². The summed E-state index contributed by atoms with van der Waals surface area (Å²) < 4.78 is 11.5. The predicted octanol–water partition coefficient (Wildman–Crippen LogP) is 4.55. The molecule has 188 valence electrons. The smallest absolute Gasteiger partial charge is 0.335 e. The van der Waals surface area contributed by atoms with Gasteiger partial charge in [0.15, 0.2) is 11.5 Å². The molecule has 0 radical (unpaired) electrons. The number of ether oxygens (including phenoxy) is 2. The number of rotatable bonds is 8. The lowest BCUT2D eigenvalue weighted by Crippen LogP contribution is -2.54. The molecule has 0 atom stereocenters. The number of nitro benzene ring substituents is 1. The van der Waals surface area contributed by atoms with Gasteiger partial charge in [0.1, 0.15) is 12.2 Å². The molecule has 0 bridgehead atoms. The van der Waals surface area contributed by atoms with Crippen LogP contribution >= 0.6 is 0 Å². The molecule has 0 aromatic heterocycles. The van der Waals surface area contributed by atoms with Gasteiger partial charge in [0.25, 0.3) is 17.5 Å². The Morgan fingerprint density at radius 2 is 1.65 bits per heavy atom. The standard InChI is InChI=1S/C27H23N3O7/c1-3-36-24-15-19(8-13-23(24)37-16-18-6-11-21(12-7-18)30(34)35)14-22-25(31)28-27(33)29(26(22)32)20-9-4-17(2)5-10-20/h4-15H,3,16H2,1-2H3,(H,28,31,33). The molecule has 10 nitrogen and oxygen atoms in total. The molecule has 0 unspecified atom stereocenters. The topological polar surface area (TPSA) is 128 Å². The molecule has 1 saturated heterocycles. The first-order valence-corrected chi connectivity index (χ1v) is 11.4. The Morgan fingerprint density at radius 3 is 2.30 bits per heavy atom. The SMILES string of the molecule is CCOc1cc(C=C2C(=O)NC(=O)N(c3ccc(C)cc3)C2=O)ccc1OCc1ccc([N+](=O)[O-])cc1. The summed E-state index contributed by atoms with van der Waals surface area (Å²) in [6, 6.07) is 16.9. The number of aryl methyl sites for hydroxylation is 1. The van der Waals surface area contributed by atoms with Crippen LogP contribution in [0.25, 0.3) is 6.08 Å². The normalized spacial score (nSPS) is 14.5. The molecule has 0 spiro atoms. The van der Waals surface area contributed by atoms with Crippen molar-refractivity contribution >= 4 is 35.3 Å². The number of nitrogens with zero attached hydrogens (tertiary/aromatic N) is 2. The van der Waals surface area contributed by atoms with Gasteiger partial charge in [0.2, 0.25) is 0 Å². The highest BCUT2D eigenvalue weighted by Gasteiger charge is 2.36. The molecule has 37 heavy (non-hydrogen) atoms. The maximum absolute atomic E-state index is 13.1. The van der Waals surface area contributed by atoms with E-state index in [-0.39, 0.29) is 17.9 Å². The summed E-state index contributed by atoms with van der Waals surface area (Å²) in [6.07, 6.45) is 1.38. The molecule has 0 aliphatic carbocycles. The second-order valence-electron chi connectivity index (χ2n) is 8.14. The number of hydrogen-bond acceptors (Lipinski definition) is 7. The van der Waals surface area contributed by atoms with Crippen LogP contribution in [0.3, 0.4) is 0 Å². The zero-order valence-corrected chi connectivity index (χ0v) is 20.1. The van der Waals surface area contributed by atoms with E-state index in [1.54, 1.807) is 61.5 Å². The molecule has 1 aliphatic rings. The average molecular weight is 501 g/mol. The zero-order chi connectivity index (χ0) is 26.5. The van der Waals surface area contributed by atoms with Gasteiger partial charge in [-0.3, -0.25) is 25.0 Å². The monoisotopic (exact) mass is 501 g/mol. The summed E-state index contributed by atoms with van der Waals surface area (Å²) in [5.41, 5.74) is 2.30. The van der Waals surface area contributed by atoms with E-state index in [1.165, 1.54) is 18.2 Å². The molecule has 1 N–H and O–H groups in total. The fourth-order valence-electron chi connectivity index (χ4n) is 3.63. The number of imide groups is 2. The highest BCUT2D eigenvalue weighted by molar-refractivity contribution is 6.39.